The highest BCUT2D eigenvalue weighted by Crippen LogP contribution is 2.32. The van der Waals surface area contributed by atoms with E-state index < -0.39 is 6.04 Å². The first-order valence-electron chi connectivity index (χ1n) is 8.31. The van der Waals surface area contributed by atoms with E-state index in [-0.39, 0.29) is 34.9 Å². The summed E-state index contributed by atoms with van der Waals surface area (Å²) in [5, 5.41) is 21.0. The molecule has 6 heteroatoms. The third-order valence-electron chi connectivity index (χ3n) is 5.47. The van der Waals surface area contributed by atoms with Crippen LogP contribution in [0.3, 0.4) is 0 Å². The van der Waals surface area contributed by atoms with Crippen molar-refractivity contribution in [3.8, 4) is 0 Å². The third kappa shape index (κ3) is 4.37. The number of aliphatic hydroxyl groups is 1. The lowest BCUT2D eigenvalue weighted by Gasteiger charge is -2.36. The largest absolute Gasteiger partial charge is 0.393 e. The smallest absolute Gasteiger partial charge is 0.213 e. The predicted molar refractivity (Wildman–Crippen MR) is 81.3 cm³/mol. The van der Waals surface area contributed by atoms with Crippen molar-refractivity contribution in [1.29, 1.82) is 0 Å². The quantitative estimate of drug-likeness (QED) is 0.524. The summed E-state index contributed by atoms with van der Waals surface area (Å²) in [4.78, 5) is 10.8. The molecule has 2 rings (SSSR count). The Balaban J connectivity index is 1.85. The molecule has 0 heterocycles. The Morgan fingerprint density at radius 3 is 2.48 bits per heavy atom. The second-order valence-electron chi connectivity index (χ2n) is 6.94. The second-order valence-corrected chi connectivity index (χ2v) is 6.94. The first-order chi connectivity index (χ1) is 9.99. The standard InChI is InChI=1S/C15H29N3O3/c16-13(10-4-3-5-11(8-10)18(20)21)9-14(17)12-6-1-2-7-15(12)19/h10-15,19H,1-9,16-17H2. The van der Waals surface area contributed by atoms with E-state index in [9.17, 15) is 15.2 Å². The van der Waals surface area contributed by atoms with E-state index in [0.29, 0.717) is 19.3 Å². The molecule has 6 unspecified atom stereocenters. The fraction of sp³-hybridized carbons (Fsp3) is 1.00. The topological polar surface area (TPSA) is 115 Å². The lowest BCUT2D eigenvalue weighted by atomic mass is 9.75. The molecule has 0 radical (unpaired) electrons. The van der Waals surface area contributed by atoms with E-state index >= 15 is 0 Å². The van der Waals surface area contributed by atoms with Gasteiger partial charge in [-0.05, 0) is 43.9 Å². The van der Waals surface area contributed by atoms with Crippen LogP contribution in [-0.4, -0.2) is 34.3 Å². The van der Waals surface area contributed by atoms with Crippen LogP contribution in [0.15, 0.2) is 0 Å². The van der Waals surface area contributed by atoms with Crippen molar-refractivity contribution < 1.29 is 10.0 Å². The molecule has 0 amide bonds. The summed E-state index contributed by atoms with van der Waals surface area (Å²) >= 11 is 0. The number of nitro groups is 1. The van der Waals surface area contributed by atoms with E-state index in [0.717, 1.165) is 38.5 Å². The van der Waals surface area contributed by atoms with Gasteiger partial charge in [0.2, 0.25) is 6.04 Å². The van der Waals surface area contributed by atoms with Gasteiger partial charge in [-0.25, -0.2) is 0 Å². The zero-order valence-corrected chi connectivity index (χ0v) is 12.7. The first kappa shape index (κ1) is 16.6. The summed E-state index contributed by atoms with van der Waals surface area (Å²) in [7, 11) is 0. The zero-order valence-electron chi connectivity index (χ0n) is 12.7. The number of hydrogen-bond donors (Lipinski definition) is 3. The molecule has 0 aromatic carbocycles. The minimum Gasteiger partial charge on any atom is -0.393 e. The average molecular weight is 299 g/mol. The van der Waals surface area contributed by atoms with Crippen LogP contribution in [0, 0.1) is 22.0 Å². The van der Waals surface area contributed by atoms with Crippen molar-refractivity contribution in [2.24, 2.45) is 23.3 Å². The summed E-state index contributed by atoms with van der Waals surface area (Å²) < 4.78 is 0. The minimum atomic E-state index is -0.439. The van der Waals surface area contributed by atoms with Crippen LogP contribution < -0.4 is 11.5 Å². The molecule has 122 valence electrons. The van der Waals surface area contributed by atoms with Crippen molar-refractivity contribution >= 4 is 0 Å². The van der Waals surface area contributed by atoms with Gasteiger partial charge in [0.05, 0.1) is 6.10 Å². The van der Waals surface area contributed by atoms with E-state index in [1.807, 2.05) is 0 Å². The van der Waals surface area contributed by atoms with Gasteiger partial charge >= 0.3 is 0 Å². The van der Waals surface area contributed by atoms with Crippen molar-refractivity contribution in [1.82, 2.24) is 0 Å². The monoisotopic (exact) mass is 299 g/mol. The Morgan fingerprint density at radius 1 is 1.10 bits per heavy atom. The fourth-order valence-electron chi connectivity index (χ4n) is 4.10. The highest BCUT2D eigenvalue weighted by atomic mass is 16.6. The molecular weight excluding hydrogens is 270 g/mol. The van der Waals surface area contributed by atoms with Crippen LogP contribution in [0.25, 0.3) is 0 Å². The summed E-state index contributed by atoms with van der Waals surface area (Å²) in [6, 6.07) is -0.616. The van der Waals surface area contributed by atoms with Gasteiger partial charge < -0.3 is 16.6 Å². The highest BCUT2D eigenvalue weighted by Gasteiger charge is 2.35. The highest BCUT2D eigenvalue weighted by molar-refractivity contribution is 4.88. The molecule has 2 saturated carbocycles. The van der Waals surface area contributed by atoms with Gasteiger partial charge in [0, 0.05) is 29.8 Å². The third-order valence-corrected chi connectivity index (χ3v) is 5.47. The number of hydrogen-bond acceptors (Lipinski definition) is 5. The summed E-state index contributed by atoms with van der Waals surface area (Å²) in [5.41, 5.74) is 12.5. The Hall–Kier alpha value is -0.720. The lowest BCUT2D eigenvalue weighted by Crippen LogP contribution is -2.46. The predicted octanol–water partition coefficient (Wildman–Crippen LogP) is 1.42. The molecule has 6 atom stereocenters. The molecule has 2 fully saturated rings. The van der Waals surface area contributed by atoms with Crippen molar-refractivity contribution in [2.45, 2.75) is 82.0 Å². The summed E-state index contributed by atoms with van der Waals surface area (Å²) in [6.07, 6.45) is 7.45. The van der Waals surface area contributed by atoms with Crippen LogP contribution >= 0.6 is 0 Å². The van der Waals surface area contributed by atoms with Gasteiger partial charge in [-0.2, -0.15) is 0 Å². The van der Waals surface area contributed by atoms with Crippen LogP contribution in [0.2, 0.25) is 0 Å². The van der Waals surface area contributed by atoms with Gasteiger partial charge in [-0.15, -0.1) is 0 Å². The molecule has 0 aromatic rings. The Labute approximate surface area is 126 Å². The number of aliphatic hydroxyl groups excluding tert-OH is 1. The number of nitrogens with two attached hydrogens (primary N) is 2. The maximum atomic E-state index is 10.9. The molecular formula is C15H29N3O3. The van der Waals surface area contributed by atoms with Crippen LogP contribution in [0.4, 0.5) is 0 Å². The molecule has 21 heavy (non-hydrogen) atoms. The molecule has 2 aliphatic carbocycles. The van der Waals surface area contributed by atoms with Crippen molar-refractivity contribution in [3.05, 3.63) is 10.1 Å². The van der Waals surface area contributed by atoms with Crippen LogP contribution in [0.5, 0.6) is 0 Å². The number of rotatable bonds is 5. The SMILES string of the molecule is NC(CC(N)C1CCCCC1O)C1CCCC([N+](=O)[O-])C1. The van der Waals surface area contributed by atoms with Gasteiger partial charge in [-0.3, -0.25) is 10.1 Å². The lowest BCUT2D eigenvalue weighted by molar-refractivity contribution is -0.528. The van der Waals surface area contributed by atoms with E-state index in [4.69, 9.17) is 11.5 Å². The fourth-order valence-corrected chi connectivity index (χ4v) is 4.10. The molecule has 0 saturated heterocycles. The summed E-state index contributed by atoms with van der Waals surface area (Å²) in [5.74, 6) is 0.334. The van der Waals surface area contributed by atoms with Crippen molar-refractivity contribution in [2.75, 3.05) is 0 Å². The zero-order chi connectivity index (χ0) is 15.4. The van der Waals surface area contributed by atoms with Gasteiger partial charge in [0.15, 0.2) is 0 Å². The minimum absolute atomic E-state index is 0.0862. The van der Waals surface area contributed by atoms with Crippen LogP contribution in [-0.2, 0) is 0 Å². The molecule has 0 bridgehead atoms. The Kier molecular flexibility index (Phi) is 5.96. The van der Waals surface area contributed by atoms with E-state index in [1.165, 1.54) is 0 Å². The normalized spacial score (nSPS) is 36.9. The van der Waals surface area contributed by atoms with E-state index in [1.54, 1.807) is 0 Å². The summed E-state index contributed by atoms with van der Waals surface area (Å²) in [6.45, 7) is 0. The Bertz CT molecular complexity index is 353. The van der Waals surface area contributed by atoms with E-state index in [2.05, 4.69) is 0 Å². The second kappa shape index (κ2) is 7.51. The van der Waals surface area contributed by atoms with Gasteiger partial charge in [0.1, 0.15) is 0 Å². The molecule has 0 aromatic heterocycles. The average Bonchev–Trinajstić information content (AvgIpc) is 2.47. The molecule has 0 spiro atoms. The van der Waals surface area contributed by atoms with Crippen molar-refractivity contribution in [3.63, 3.8) is 0 Å². The maximum absolute atomic E-state index is 10.9. The molecule has 2 aliphatic rings. The molecule has 5 N–H and O–H groups in total. The first-order valence-corrected chi connectivity index (χ1v) is 8.31. The maximum Gasteiger partial charge on any atom is 0.213 e. The van der Waals surface area contributed by atoms with Gasteiger partial charge in [0.25, 0.3) is 0 Å². The number of nitrogens with zero attached hydrogens (tertiary/aromatic N) is 1. The molecule has 0 aliphatic heterocycles. The van der Waals surface area contributed by atoms with Crippen LogP contribution in [0.1, 0.15) is 57.8 Å². The van der Waals surface area contributed by atoms with Gasteiger partial charge in [-0.1, -0.05) is 12.8 Å². The molecule has 6 nitrogen and oxygen atoms in total. The Morgan fingerprint density at radius 2 is 1.81 bits per heavy atom.